The summed E-state index contributed by atoms with van der Waals surface area (Å²) in [7, 11) is -3.63. The maximum absolute atomic E-state index is 11.0. The van der Waals surface area contributed by atoms with Crippen LogP contribution >= 0.6 is 24.8 Å². The van der Waals surface area contributed by atoms with Gasteiger partial charge in [-0.3, -0.25) is 4.79 Å². The van der Waals surface area contributed by atoms with Gasteiger partial charge in [0.25, 0.3) is 0 Å². The Morgan fingerprint density at radius 3 is 2.33 bits per heavy atom. The summed E-state index contributed by atoms with van der Waals surface area (Å²) in [4.78, 5) is 10.3. The zero-order valence-corrected chi connectivity index (χ0v) is 8.75. The van der Waals surface area contributed by atoms with Gasteiger partial charge in [-0.25, -0.2) is 8.42 Å². The summed E-state index contributed by atoms with van der Waals surface area (Å²) in [6.45, 7) is 1.30. The smallest absolute Gasteiger partial charge is 0.307 e. The first-order chi connectivity index (χ1) is 5.27. The van der Waals surface area contributed by atoms with Crippen molar-refractivity contribution in [3.63, 3.8) is 0 Å². The Morgan fingerprint density at radius 1 is 1.67 bits per heavy atom. The van der Waals surface area contributed by atoms with Crippen molar-refractivity contribution in [1.29, 1.82) is 0 Å². The summed E-state index contributed by atoms with van der Waals surface area (Å²) in [5, 5.41) is 8.39. The van der Waals surface area contributed by atoms with Crippen LogP contribution in [0.2, 0.25) is 0 Å². The topological polar surface area (TPSA) is 71.4 Å². The minimum Gasteiger partial charge on any atom is -0.481 e. The quantitative estimate of drug-likeness (QED) is 0.538. The summed E-state index contributed by atoms with van der Waals surface area (Å²) in [6, 6.07) is 0. The van der Waals surface area contributed by atoms with Crippen molar-refractivity contribution in [2.45, 2.75) is 6.92 Å². The molecule has 1 N–H and O–H groups in total. The molecule has 0 aromatic carbocycles. The van der Waals surface area contributed by atoms with Crippen LogP contribution < -0.4 is 0 Å². The molecular formula is C5H8O4S3. The van der Waals surface area contributed by atoms with Gasteiger partial charge < -0.3 is 5.11 Å². The fourth-order valence-electron chi connectivity index (χ4n) is 0.472. The highest BCUT2D eigenvalue weighted by atomic mass is 32.3. The van der Waals surface area contributed by atoms with Gasteiger partial charge >= 0.3 is 5.97 Å². The van der Waals surface area contributed by atoms with Crippen LogP contribution in [0.4, 0.5) is 0 Å². The van der Waals surface area contributed by atoms with Crippen LogP contribution in [0.5, 0.6) is 0 Å². The molecule has 0 aliphatic carbocycles. The van der Waals surface area contributed by atoms with E-state index in [-0.39, 0.29) is 0 Å². The zero-order chi connectivity index (χ0) is 9.94. The van der Waals surface area contributed by atoms with Crippen LogP contribution in [-0.2, 0) is 14.6 Å². The second kappa shape index (κ2) is 4.20. The van der Waals surface area contributed by atoms with Gasteiger partial charge in [0.15, 0.2) is 13.4 Å². The Bertz CT molecular complexity index is 292. The SMILES string of the molecule is CC(CS(=O)(=O)C(=S)S)C(=O)O. The summed E-state index contributed by atoms with van der Waals surface area (Å²) >= 11 is 7.79. The van der Waals surface area contributed by atoms with Crippen LogP contribution in [0, 0.1) is 5.92 Å². The molecule has 0 saturated heterocycles. The van der Waals surface area contributed by atoms with Crippen molar-refractivity contribution in [2.75, 3.05) is 5.75 Å². The van der Waals surface area contributed by atoms with Crippen molar-refractivity contribution in [3.05, 3.63) is 0 Å². The van der Waals surface area contributed by atoms with Crippen molar-refractivity contribution >= 4 is 44.2 Å². The first kappa shape index (κ1) is 11.9. The number of carbonyl (C=O) groups is 1. The maximum atomic E-state index is 11.0. The van der Waals surface area contributed by atoms with E-state index in [1.165, 1.54) is 6.92 Å². The summed E-state index contributed by atoms with van der Waals surface area (Å²) < 4.78 is 21.5. The normalized spacial score (nSPS) is 13.8. The Morgan fingerprint density at radius 2 is 2.08 bits per heavy atom. The Balaban J connectivity index is 4.48. The predicted molar refractivity (Wildman–Crippen MR) is 52.2 cm³/mol. The van der Waals surface area contributed by atoms with Gasteiger partial charge in [0.1, 0.15) is 0 Å². The van der Waals surface area contributed by atoms with E-state index >= 15 is 0 Å². The second-order valence-electron chi connectivity index (χ2n) is 2.29. The van der Waals surface area contributed by atoms with Gasteiger partial charge in [-0.15, -0.1) is 12.6 Å². The molecule has 1 atom stereocenters. The molecule has 0 spiro atoms. The lowest BCUT2D eigenvalue weighted by atomic mass is 10.2. The number of sulfone groups is 1. The summed E-state index contributed by atoms with van der Waals surface area (Å²) in [5.74, 6) is -2.62. The van der Waals surface area contributed by atoms with Crippen molar-refractivity contribution in [2.24, 2.45) is 5.92 Å². The first-order valence-corrected chi connectivity index (χ1v) is 5.46. The van der Waals surface area contributed by atoms with E-state index in [1.54, 1.807) is 0 Å². The standard InChI is InChI=1S/C5H8O4S3/c1-3(4(6)7)2-12(8,9)5(10)11/h3H,2H2,1H3,(H,6,7)(H,10,11). The average Bonchev–Trinajstić information content (AvgIpc) is 1.85. The van der Waals surface area contributed by atoms with Gasteiger partial charge in [-0.05, 0) is 0 Å². The molecule has 70 valence electrons. The molecule has 0 bridgehead atoms. The zero-order valence-electron chi connectivity index (χ0n) is 6.22. The number of thiol groups is 1. The second-order valence-corrected chi connectivity index (χ2v) is 5.98. The lowest BCUT2D eigenvalue weighted by Crippen LogP contribution is -2.23. The minimum absolute atomic E-state index is 0.462. The highest BCUT2D eigenvalue weighted by Gasteiger charge is 2.22. The van der Waals surface area contributed by atoms with Gasteiger partial charge in [0.05, 0.1) is 11.7 Å². The van der Waals surface area contributed by atoms with E-state index in [2.05, 4.69) is 24.8 Å². The van der Waals surface area contributed by atoms with Gasteiger partial charge in [-0.2, -0.15) is 0 Å². The molecule has 0 aromatic heterocycles. The number of carboxylic acids is 1. The number of hydrogen-bond donors (Lipinski definition) is 2. The number of thiocarbonyl (C=S) groups is 1. The molecule has 0 heterocycles. The highest BCUT2D eigenvalue weighted by molar-refractivity contribution is 8.37. The Kier molecular flexibility index (Phi) is 4.15. The molecule has 4 nitrogen and oxygen atoms in total. The third-order valence-electron chi connectivity index (χ3n) is 1.16. The minimum atomic E-state index is -3.63. The average molecular weight is 228 g/mol. The molecule has 0 saturated carbocycles. The number of hydrogen-bond acceptors (Lipinski definition) is 4. The third kappa shape index (κ3) is 3.51. The van der Waals surface area contributed by atoms with Crippen molar-refractivity contribution in [3.8, 4) is 0 Å². The van der Waals surface area contributed by atoms with Crippen molar-refractivity contribution in [1.82, 2.24) is 0 Å². The molecule has 1 unspecified atom stereocenters. The van der Waals surface area contributed by atoms with Crippen LogP contribution in [0.1, 0.15) is 6.92 Å². The summed E-state index contributed by atoms with van der Waals surface area (Å²) in [5.41, 5.74) is 0. The lowest BCUT2D eigenvalue weighted by Gasteiger charge is -2.04. The molecule has 12 heavy (non-hydrogen) atoms. The van der Waals surface area contributed by atoms with E-state index in [4.69, 9.17) is 5.11 Å². The molecule has 0 aliphatic rings. The number of carboxylic acid groups (broad SMARTS) is 1. The fraction of sp³-hybridized carbons (Fsp3) is 0.600. The molecule has 0 amide bonds. The van der Waals surface area contributed by atoms with E-state index in [1.807, 2.05) is 0 Å². The third-order valence-corrected chi connectivity index (χ3v) is 4.22. The van der Waals surface area contributed by atoms with Gasteiger partial charge in [0.2, 0.25) is 0 Å². The van der Waals surface area contributed by atoms with E-state index in [0.29, 0.717) is 0 Å². The van der Waals surface area contributed by atoms with Crippen LogP contribution in [0.25, 0.3) is 0 Å². The molecule has 0 fully saturated rings. The molecule has 0 aromatic rings. The van der Waals surface area contributed by atoms with E-state index < -0.39 is 31.0 Å². The highest BCUT2D eigenvalue weighted by Crippen LogP contribution is 2.06. The molecule has 7 heteroatoms. The molecular weight excluding hydrogens is 220 g/mol. The molecule has 0 radical (unpaired) electrons. The number of aliphatic carboxylic acids is 1. The fourth-order valence-corrected chi connectivity index (χ4v) is 1.84. The number of rotatable bonds is 3. The first-order valence-electron chi connectivity index (χ1n) is 2.96. The van der Waals surface area contributed by atoms with E-state index in [0.717, 1.165) is 0 Å². The molecule has 0 rings (SSSR count). The lowest BCUT2D eigenvalue weighted by molar-refractivity contribution is -0.140. The monoisotopic (exact) mass is 228 g/mol. The predicted octanol–water partition coefficient (Wildman–Crippen LogP) is 0.337. The summed E-state index contributed by atoms with van der Waals surface area (Å²) in [6.07, 6.45) is 0. The Labute approximate surface area is 81.3 Å². The Hall–Kier alpha value is -0.140. The van der Waals surface area contributed by atoms with Crippen LogP contribution in [0.15, 0.2) is 0 Å². The maximum Gasteiger partial charge on any atom is 0.307 e. The van der Waals surface area contributed by atoms with Gasteiger partial charge in [0, 0.05) is 0 Å². The van der Waals surface area contributed by atoms with E-state index in [9.17, 15) is 13.2 Å². The van der Waals surface area contributed by atoms with Crippen LogP contribution in [0.3, 0.4) is 0 Å². The van der Waals surface area contributed by atoms with Crippen LogP contribution in [-0.4, -0.2) is 28.8 Å². The van der Waals surface area contributed by atoms with Crippen molar-refractivity contribution < 1.29 is 18.3 Å². The van der Waals surface area contributed by atoms with Gasteiger partial charge in [-0.1, -0.05) is 19.1 Å². The largest absolute Gasteiger partial charge is 0.481 e. The molecule has 0 aliphatic heterocycles.